The molecule has 0 aliphatic heterocycles. The van der Waals surface area contributed by atoms with Crippen molar-refractivity contribution in [3.05, 3.63) is 232 Å². The van der Waals surface area contributed by atoms with Crippen LogP contribution in [0, 0.1) is 53.3 Å². The zero-order chi connectivity index (χ0) is 103. The van der Waals surface area contributed by atoms with E-state index >= 15 is 0 Å². The Bertz CT molecular complexity index is 4620. The molecule has 6 aliphatic rings. The zero-order valence-corrected chi connectivity index (χ0v) is 102. The standard InChI is InChI=1S/C36H54O5Si.C30H40O5.C21H32O3.C14H24NOP.C9H9BrO2.C6H15ClSi.CH2O3.5CH4.2K.H/c1-5-9-11-18-30(37)20-21-31-32-22-28-17-14-19-34(39-26-36(38)40-25-27-15-12-10-13-16-27)33(28)23-29(32)24-35(31)41-42(6-2,7-3)8-4;1-2-3-5-12-24(31)14-15-25-26-16-22-11-8-13-29(27(22)17-23(26)18-28(25)32)34-20-30(33)35-19-21-9-6-4-7-10-21;1-2-3-4-7-16(22)9-10-17-18-11-14-6-5-8-20(23)19(14)12-15(18)13-21(17)24;1-12(2)15(13(3)4)17(5)16-11-14-9-7-6-8-10-14;10-6-9(11)12-7-8-4-2-1-3-5-8;1-4-8(7,5-2)6-3;2-1-4-3;;;;;;;;/h10,12-17,19,29-32,35,37H,5-9,11,18,20-26H2,1-4H3;4,6-11,13,23-26,28,31-32H,2-3,5,12,14-20H2,1H3;5-6,8,15-18,21-24H,2-4,7,9-13H2,1H3;6-10,12-13H,11H2,1-5H3;1-5H,6-7H2;4-6H2,1-3H3;1,3H;5*1H4;;;/q;;;;;;;;;;;;2*+1;-1/p-1/t29-,30-,31+,32-,35+;23-,24-,25+,26-,28+;15-,16-,17+,18-,21+;;;;;;;;;;;;/m000............/s1. The smallest absolute Gasteiger partial charge is 1.00 e. The first kappa shape index (κ1) is 145. The summed E-state index contributed by atoms with van der Waals surface area (Å²) in [7, 11) is -3.47. The summed E-state index contributed by atoms with van der Waals surface area (Å²) in [6.07, 6.45) is 25.7. The van der Waals surface area contributed by atoms with Gasteiger partial charge in [-0.05, 0) is 313 Å². The van der Waals surface area contributed by atoms with Gasteiger partial charge in [-0.25, -0.2) is 9.59 Å². The molecule has 0 bridgehead atoms. The topological polar surface area (TPSA) is 290 Å². The average molecular weight is 2260 g/mol. The van der Waals surface area contributed by atoms with Gasteiger partial charge in [-0.15, -0.1) is 0 Å². The Morgan fingerprint density at radius 3 is 1.10 bits per heavy atom. The summed E-state index contributed by atoms with van der Waals surface area (Å²) in [6, 6.07) is 65.7. The number of halogens is 2. The summed E-state index contributed by atoms with van der Waals surface area (Å²) in [5, 5.41) is 71.6. The zero-order valence-electron chi connectivity index (χ0n) is 91.1. The van der Waals surface area contributed by atoms with Crippen molar-refractivity contribution in [3.8, 4) is 17.2 Å². The van der Waals surface area contributed by atoms with Crippen molar-refractivity contribution in [2.75, 3.05) is 25.2 Å². The maximum Gasteiger partial charge on any atom is 1.00 e. The van der Waals surface area contributed by atoms with Gasteiger partial charge >= 0.3 is 121 Å². The summed E-state index contributed by atoms with van der Waals surface area (Å²) >= 11 is 9.25. The van der Waals surface area contributed by atoms with Gasteiger partial charge in [-0.2, -0.15) is 11.1 Å². The maximum absolute atomic E-state index is 12.5. The minimum atomic E-state index is -1.76. The van der Waals surface area contributed by atoms with Gasteiger partial charge in [-0.1, -0.05) is 331 Å². The van der Waals surface area contributed by atoms with Crippen LogP contribution in [0.1, 0.15) is 319 Å². The Labute approximate surface area is 1000 Å². The van der Waals surface area contributed by atoms with Gasteiger partial charge in [-0.3, -0.25) is 14.3 Å². The molecule has 832 valence electrons. The van der Waals surface area contributed by atoms with Gasteiger partial charge in [0, 0.05) is 18.2 Å². The van der Waals surface area contributed by atoms with Crippen LogP contribution >= 0.6 is 35.3 Å². The SMILES string of the molecule is C.C.C.C.C.CC(C)N(C(C)C)P(C)OCc1ccccc1.CCCCC[C@H](O)CC[C@@H]1[C@H]2Cc3cccc(O)c3C[C@H]2C[C@H]1O.CCCCC[C@H](O)CC[C@@H]1[C@H]2Cc3cccc(OCC(=O)OCc4ccccc4)c3C[C@H]2C[C@H]1O.CCCCC[C@H](O)CC[C@@H]1[C@H]2Cc3cccc(OCC(=O)OCc4ccccc4)c3C[C@H]2C[C@H]1O[Si](CC)(CC)CC.CC[Si](Cl)(CC)CC.O=C(CBr)OCc1ccccc1.O=CO[O-].[H-].[K+].[K+]. The number of phenolic OH excluding ortho intramolecular Hbond substituents is 1. The van der Waals surface area contributed by atoms with Crippen LogP contribution < -0.4 is 118 Å². The molecule has 7 aromatic rings. The van der Waals surface area contributed by atoms with E-state index < -0.39 is 24.0 Å². The second-order valence-electron chi connectivity index (χ2n) is 40.5. The minimum Gasteiger partial charge on any atom is -1.00 e. The number of hydrogen-bond donors (Lipinski definition) is 6. The third-order valence-corrected chi connectivity index (χ3v) is 43.8. The Kier molecular flexibility index (Phi) is 79.1. The van der Waals surface area contributed by atoms with E-state index in [0.717, 1.165) is 199 Å². The van der Waals surface area contributed by atoms with Crippen LogP contribution in [0.5, 0.6) is 17.2 Å². The first-order valence-electron chi connectivity index (χ1n) is 53.6. The van der Waals surface area contributed by atoms with Crippen LogP contribution in [-0.4, -0.2) is 149 Å². The molecule has 149 heavy (non-hydrogen) atoms. The van der Waals surface area contributed by atoms with Gasteiger partial charge < -0.3 is 74.8 Å². The number of carbonyl (C=O) groups excluding carboxylic acids is 4. The molecule has 1 unspecified atom stereocenters. The van der Waals surface area contributed by atoms with Gasteiger partial charge in [0.2, 0.25) is 0 Å². The predicted molar refractivity (Wildman–Crippen MR) is 615 cm³/mol. The van der Waals surface area contributed by atoms with Crippen molar-refractivity contribution in [1.29, 1.82) is 0 Å². The molecule has 0 aromatic heterocycles. The number of rotatable bonds is 49. The van der Waals surface area contributed by atoms with Crippen LogP contribution in [0.4, 0.5) is 0 Å². The first-order valence-corrected chi connectivity index (χ1v) is 62.5. The molecule has 3 saturated carbocycles. The number of nitrogens with zero attached hydrogens (tertiary/aromatic N) is 1. The van der Waals surface area contributed by atoms with Crippen LogP contribution in [-0.2, 0) is 112 Å². The molecule has 6 N–H and O–H groups in total. The molecular weight excluding hydrogens is 2060 g/mol. The molecule has 6 aliphatic carbocycles. The quantitative estimate of drug-likeness (QED) is 0.00197. The molecule has 13 rings (SSSR count). The number of fused-ring (bicyclic) bond motifs is 6. The van der Waals surface area contributed by atoms with Gasteiger partial charge in [0.05, 0.1) is 37.1 Å². The van der Waals surface area contributed by atoms with Crippen LogP contribution in [0.3, 0.4) is 0 Å². The van der Waals surface area contributed by atoms with E-state index in [9.17, 15) is 45.0 Å². The summed E-state index contributed by atoms with van der Waals surface area (Å²) in [5.74, 6) is 4.96. The fourth-order valence-corrected chi connectivity index (χ4v) is 28.4. The number of alkyl halides is 1. The molecule has 0 heterocycles. The number of aliphatic hydroxyl groups is 5. The summed E-state index contributed by atoms with van der Waals surface area (Å²) in [6.45, 7) is 32.4. The van der Waals surface area contributed by atoms with E-state index in [1.807, 2.05) is 121 Å². The van der Waals surface area contributed by atoms with E-state index in [4.69, 9.17) is 53.8 Å². The number of esters is 3. The molecule has 3 fully saturated rings. The fourth-order valence-electron chi connectivity index (χ4n) is 22.0. The van der Waals surface area contributed by atoms with Gasteiger partial charge in [0.25, 0.3) is 6.47 Å². The monoisotopic (exact) mass is 2260 g/mol. The Morgan fingerprint density at radius 1 is 0.450 bits per heavy atom. The normalized spacial score (nSPS) is 19.8. The number of phenols is 1. The van der Waals surface area contributed by atoms with Crippen molar-refractivity contribution in [2.45, 2.75) is 412 Å². The van der Waals surface area contributed by atoms with E-state index in [0.29, 0.717) is 78.4 Å². The summed E-state index contributed by atoms with van der Waals surface area (Å²) in [5.41, 5.74) is 11.5. The molecule has 20 nitrogen and oxygen atoms in total. The largest absolute Gasteiger partial charge is 1.00 e. The van der Waals surface area contributed by atoms with Crippen molar-refractivity contribution in [2.24, 2.45) is 53.3 Å². The third kappa shape index (κ3) is 50.6. The van der Waals surface area contributed by atoms with Crippen molar-refractivity contribution in [1.82, 2.24) is 4.67 Å². The van der Waals surface area contributed by atoms with E-state index in [1.165, 1.54) is 78.1 Å². The Balaban J connectivity index is 0. The van der Waals surface area contributed by atoms with E-state index in [2.05, 4.69) is 171 Å². The molecule has 27 heteroatoms. The Morgan fingerprint density at radius 2 is 0.772 bits per heavy atom. The number of ether oxygens (including phenoxy) is 5. The number of aromatic hydroxyl groups is 1. The van der Waals surface area contributed by atoms with E-state index in [1.54, 1.807) is 6.07 Å². The number of hydrogen-bond acceptors (Lipinski definition) is 20. The second-order valence-corrected chi connectivity index (χ2v) is 54.2. The van der Waals surface area contributed by atoms with Crippen molar-refractivity contribution < 1.29 is 197 Å². The maximum atomic E-state index is 12.5. The molecular formula is C122H196BrClK2NO19PSi2. The average Bonchev–Trinajstić information content (AvgIpc) is 1.66. The van der Waals surface area contributed by atoms with Gasteiger partial charge in [0.15, 0.2) is 28.9 Å². The number of carbonyl (C=O) groups is 4. The molecule has 16 atom stereocenters. The second kappa shape index (κ2) is 81.0. The predicted octanol–water partition coefficient (Wildman–Crippen LogP) is 22.7. The molecule has 0 spiro atoms. The molecule has 7 aromatic carbocycles. The summed E-state index contributed by atoms with van der Waals surface area (Å²) in [4.78, 5) is 46.7. The molecule has 0 amide bonds. The molecule has 0 radical (unpaired) electrons. The van der Waals surface area contributed by atoms with Crippen LogP contribution in [0.2, 0.25) is 36.3 Å². The molecule has 0 saturated heterocycles. The van der Waals surface area contributed by atoms with E-state index in [-0.39, 0.29) is 240 Å². The number of unbranched alkanes of at least 4 members (excludes halogenated alkanes) is 6. The minimum absolute atomic E-state index is 0. The van der Waals surface area contributed by atoms with Crippen molar-refractivity contribution >= 4 is 75.4 Å². The fraction of sp³-hybridized carbons (Fsp3) is 0.623. The van der Waals surface area contributed by atoms with Crippen molar-refractivity contribution in [3.63, 3.8) is 0 Å². The first-order chi connectivity index (χ1) is 68.5. The van der Waals surface area contributed by atoms with Crippen LogP contribution in [0.15, 0.2) is 176 Å². The third-order valence-electron chi connectivity index (χ3n) is 30.4. The van der Waals surface area contributed by atoms with Crippen LogP contribution in [0.25, 0.3) is 0 Å². The van der Waals surface area contributed by atoms with Gasteiger partial charge in [0.1, 0.15) is 50.7 Å². The Hall–Kier alpha value is -3.63. The summed E-state index contributed by atoms with van der Waals surface area (Å²) < 4.78 is 43.4. The number of aliphatic hydroxyl groups excluding tert-OH is 5. The number of benzene rings is 7.